The number of rotatable bonds is 43. The number of esters is 1. The minimum atomic E-state index is -0.794. The molecule has 0 bridgehead atoms. The first-order valence-corrected chi connectivity index (χ1v) is 24.2. The Labute approximate surface area is 347 Å². The van der Waals surface area contributed by atoms with E-state index in [2.05, 4.69) is 62.5 Å². The predicted octanol–water partition coefficient (Wildman–Crippen LogP) is 14.1. The quantitative estimate of drug-likeness (QED) is 0.0325. The highest BCUT2D eigenvalue weighted by Gasteiger charge is 2.24. The largest absolute Gasteiger partial charge is 0.462 e. The van der Waals surface area contributed by atoms with Crippen molar-refractivity contribution in [2.24, 2.45) is 0 Å². The first-order valence-electron chi connectivity index (χ1n) is 24.2. The number of amides is 1. The average Bonchev–Trinajstić information content (AvgIpc) is 3.19. The van der Waals surface area contributed by atoms with Gasteiger partial charge < -0.3 is 20.3 Å². The van der Waals surface area contributed by atoms with Crippen LogP contribution in [-0.4, -0.2) is 46.9 Å². The maximum absolute atomic E-state index is 13.1. The fourth-order valence-electron chi connectivity index (χ4n) is 7.33. The van der Waals surface area contributed by atoms with E-state index in [9.17, 15) is 19.8 Å². The van der Waals surface area contributed by atoms with Gasteiger partial charge in [0.15, 0.2) is 0 Å². The summed E-state index contributed by atoms with van der Waals surface area (Å²) in [7, 11) is 0. The normalized spacial score (nSPS) is 13.6. The molecule has 1 amide bonds. The molecular formula is C50H93NO5. The highest BCUT2D eigenvalue weighted by Crippen LogP contribution is 2.17. The van der Waals surface area contributed by atoms with Crippen molar-refractivity contribution >= 4 is 11.9 Å². The number of aliphatic hydroxyl groups is 2. The molecule has 6 nitrogen and oxygen atoms in total. The lowest BCUT2D eigenvalue weighted by atomic mass is 10.0. The molecule has 0 aliphatic heterocycles. The summed E-state index contributed by atoms with van der Waals surface area (Å²) in [6.07, 6.45) is 50.7. The van der Waals surface area contributed by atoms with Gasteiger partial charge in [0, 0.05) is 6.42 Å². The second-order valence-electron chi connectivity index (χ2n) is 16.5. The van der Waals surface area contributed by atoms with E-state index in [-0.39, 0.29) is 24.9 Å². The number of unbranched alkanes of at least 4 members (excludes halogenated alkanes) is 25. The first kappa shape index (κ1) is 54.1. The van der Waals surface area contributed by atoms with Crippen molar-refractivity contribution in [2.45, 2.75) is 264 Å². The summed E-state index contributed by atoms with van der Waals surface area (Å²) in [5.41, 5.74) is 0. The molecule has 0 radical (unpaired) electrons. The summed E-state index contributed by atoms with van der Waals surface area (Å²) in [6, 6.07) is -0.709. The highest BCUT2D eigenvalue weighted by atomic mass is 16.5. The predicted molar refractivity (Wildman–Crippen MR) is 241 cm³/mol. The van der Waals surface area contributed by atoms with E-state index >= 15 is 0 Å². The maximum Gasteiger partial charge on any atom is 0.306 e. The van der Waals surface area contributed by atoms with E-state index in [1.807, 2.05) is 0 Å². The van der Waals surface area contributed by atoms with Crippen LogP contribution in [0, 0.1) is 0 Å². The Morgan fingerprint density at radius 1 is 0.536 bits per heavy atom. The molecule has 3 atom stereocenters. The third-order valence-electron chi connectivity index (χ3n) is 11.0. The first-order chi connectivity index (χ1) is 27.5. The molecule has 3 N–H and O–H groups in total. The highest BCUT2D eigenvalue weighted by molar-refractivity contribution is 5.77. The number of hydrogen-bond acceptors (Lipinski definition) is 5. The molecule has 0 saturated carbocycles. The third kappa shape index (κ3) is 38.9. The molecule has 0 aliphatic rings. The fourth-order valence-corrected chi connectivity index (χ4v) is 7.33. The summed E-state index contributed by atoms with van der Waals surface area (Å²) in [5, 5.41) is 23.7. The third-order valence-corrected chi connectivity index (χ3v) is 11.0. The van der Waals surface area contributed by atoms with Crippen LogP contribution in [0.3, 0.4) is 0 Å². The molecular weight excluding hydrogens is 695 g/mol. The standard InChI is InChI=1S/C50H93NO5/c1-4-7-10-13-16-19-21-23-24-25-26-28-31-33-36-39-42-48(53)47(45-52)51-49(54)44-46(41-38-35-32-30-27-22-20-17-14-11-8-5-2)56-50(55)43-40-37-34-29-18-15-12-9-6-3/h8,11,17,20,27,30,46-48,52-53H,4-7,9-10,12-16,18-19,21-26,28-29,31-45H2,1-3H3,(H,51,54)/b11-8+,20-17+,30-27+. The van der Waals surface area contributed by atoms with Crippen LogP contribution in [0.4, 0.5) is 0 Å². The summed E-state index contributed by atoms with van der Waals surface area (Å²) in [4.78, 5) is 25.9. The van der Waals surface area contributed by atoms with Gasteiger partial charge in [-0.3, -0.25) is 9.59 Å². The molecule has 0 aromatic heterocycles. The van der Waals surface area contributed by atoms with Crippen molar-refractivity contribution in [2.75, 3.05) is 6.61 Å². The Balaban J connectivity index is 4.52. The minimum Gasteiger partial charge on any atom is -0.462 e. The molecule has 3 unspecified atom stereocenters. The molecule has 56 heavy (non-hydrogen) atoms. The van der Waals surface area contributed by atoms with E-state index in [4.69, 9.17) is 4.74 Å². The van der Waals surface area contributed by atoms with Crippen LogP contribution < -0.4 is 5.32 Å². The van der Waals surface area contributed by atoms with Gasteiger partial charge in [-0.25, -0.2) is 0 Å². The zero-order chi connectivity index (χ0) is 41.0. The zero-order valence-corrected chi connectivity index (χ0v) is 37.3. The number of carbonyl (C=O) groups excluding carboxylic acids is 2. The van der Waals surface area contributed by atoms with E-state index in [1.165, 1.54) is 122 Å². The number of nitrogens with one attached hydrogen (secondary N) is 1. The molecule has 0 heterocycles. The zero-order valence-electron chi connectivity index (χ0n) is 37.3. The summed E-state index contributed by atoms with van der Waals surface area (Å²) in [5.74, 6) is -0.509. The molecule has 6 heteroatoms. The number of allylic oxidation sites excluding steroid dienone is 6. The van der Waals surface area contributed by atoms with Gasteiger partial charge >= 0.3 is 5.97 Å². The second-order valence-corrected chi connectivity index (χ2v) is 16.5. The van der Waals surface area contributed by atoms with Gasteiger partial charge in [0.25, 0.3) is 0 Å². The van der Waals surface area contributed by atoms with Crippen LogP contribution in [0.1, 0.15) is 245 Å². The summed E-state index contributed by atoms with van der Waals surface area (Å²) in [6.45, 7) is 6.34. The molecule has 0 saturated heterocycles. The van der Waals surface area contributed by atoms with Crippen LogP contribution in [0.2, 0.25) is 0 Å². The summed E-state index contributed by atoms with van der Waals surface area (Å²) < 4.78 is 5.87. The van der Waals surface area contributed by atoms with Gasteiger partial charge in [-0.2, -0.15) is 0 Å². The molecule has 0 aromatic rings. The number of aliphatic hydroxyl groups excluding tert-OH is 2. The van der Waals surface area contributed by atoms with Crippen LogP contribution in [-0.2, 0) is 14.3 Å². The monoisotopic (exact) mass is 788 g/mol. The van der Waals surface area contributed by atoms with Gasteiger partial charge in [0.1, 0.15) is 6.10 Å². The van der Waals surface area contributed by atoms with Crippen molar-refractivity contribution in [3.63, 3.8) is 0 Å². The van der Waals surface area contributed by atoms with Gasteiger partial charge in [0.05, 0.1) is 25.2 Å². The van der Waals surface area contributed by atoms with E-state index < -0.39 is 18.2 Å². The Hall–Kier alpha value is -1.92. The van der Waals surface area contributed by atoms with Crippen LogP contribution in [0.15, 0.2) is 36.5 Å². The SMILES string of the molecule is CC/C=C/C/C=C/C/C=C/CCCCC(CC(=O)NC(CO)C(O)CCCCCCCCCCCCCCCCCC)OC(=O)CCCCCCCCCCC. The topological polar surface area (TPSA) is 95.9 Å². The average molecular weight is 788 g/mol. The number of hydrogen-bond donors (Lipinski definition) is 3. The molecule has 0 spiro atoms. The summed E-state index contributed by atoms with van der Waals surface area (Å²) >= 11 is 0. The Morgan fingerprint density at radius 3 is 1.45 bits per heavy atom. The van der Waals surface area contributed by atoms with E-state index in [0.29, 0.717) is 19.3 Å². The van der Waals surface area contributed by atoms with Crippen LogP contribution in [0.5, 0.6) is 0 Å². The van der Waals surface area contributed by atoms with Crippen molar-refractivity contribution in [3.8, 4) is 0 Å². The lowest BCUT2D eigenvalue weighted by Crippen LogP contribution is -2.46. The second kappa shape index (κ2) is 44.2. The number of carbonyl (C=O) groups is 2. The van der Waals surface area contributed by atoms with Crippen LogP contribution >= 0.6 is 0 Å². The Morgan fingerprint density at radius 2 is 0.964 bits per heavy atom. The van der Waals surface area contributed by atoms with Crippen molar-refractivity contribution in [3.05, 3.63) is 36.5 Å². The van der Waals surface area contributed by atoms with Gasteiger partial charge in [-0.05, 0) is 57.8 Å². The number of ether oxygens (including phenoxy) is 1. The maximum atomic E-state index is 13.1. The molecule has 0 rings (SSSR count). The van der Waals surface area contributed by atoms with E-state index in [0.717, 1.165) is 77.0 Å². The molecule has 0 aliphatic carbocycles. The van der Waals surface area contributed by atoms with Crippen molar-refractivity contribution in [1.29, 1.82) is 0 Å². The lowest BCUT2D eigenvalue weighted by Gasteiger charge is -2.24. The lowest BCUT2D eigenvalue weighted by molar-refractivity contribution is -0.151. The smallest absolute Gasteiger partial charge is 0.306 e. The fraction of sp³-hybridized carbons (Fsp3) is 0.840. The van der Waals surface area contributed by atoms with Crippen molar-refractivity contribution < 1.29 is 24.5 Å². The van der Waals surface area contributed by atoms with Gasteiger partial charge in [-0.15, -0.1) is 0 Å². The van der Waals surface area contributed by atoms with Gasteiger partial charge in [-0.1, -0.05) is 211 Å². The molecule has 0 aromatic carbocycles. The van der Waals surface area contributed by atoms with E-state index in [1.54, 1.807) is 0 Å². The molecule has 328 valence electrons. The van der Waals surface area contributed by atoms with Crippen molar-refractivity contribution in [1.82, 2.24) is 5.32 Å². The minimum absolute atomic E-state index is 0.0544. The van der Waals surface area contributed by atoms with Gasteiger partial charge in [0.2, 0.25) is 5.91 Å². The molecule has 0 fully saturated rings. The Bertz CT molecular complexity index is 930. The Kier molecular flexibility index (Phi) is 42.7. The van der Waals surface area contributed by atoms with Crippen LogP contribution in [0.25, 0.3) is 0 Å².